The van der Waals surface area contributed by atoms with Gasteiger partial charge in [-0.1, -0.05) is 67.6 Å². The molecule has 0 spiro atoms. The fourth-order valence-electron chi connectivity index (χ4n) is 3.82. The molecule has 0 unspecified atom stereocenters. The minimum Gasteiger partial charge on any atom is -0.483 e. The predicted octanol–water partition coefficient (Wildman–Crippen LogP) is 4.99. The zero-order valence-corrected chi connectivity index (χ0v) is 20.6. The molecule has 0 bridgehead atoms. The second kappa shape index (κ2) is 12.7. The van der Waals surface area contributed by atoms with Crippen molar-refractivity contribution in [2.45, 2.75) is 46.2 Å². The molecular weight excluding hydrogens is 443 g/mol. The number of halogens is 1. The number of amides is 2. The van der Waals surface area contributed by atoms with E-state index < -0.39 is 11.9 Å². The number of aryl methyl sites for hydroxylation is 2. The molecule has 0 aliphatic carbocycles. The van der Waals surface area contributed by atoms with Gasteiger partial charge in [-0.05, 0) is 49.1 Å². The number of ether oxygens (including phenoxy) is 1. The van der Waals surface area contributed by atoms with E-state index in [1.165, 1.54) is 11.0 Å². The quantitative estimate of drug-likeness (QED) is 0.424. The molecule has 0 saturated heterocycles. The van der Waals surface area contributed by atoms with Gasteiger partial charge in [0.15, 0.2) is 6.61 Å². The topological polar surface area (TPSA) is 58.6 Å². The third-order valence-corrected chi connectivity index (χ3v) is 5.81. The summed E-state index contributed by atoms with van der Waals surface area (Å²) >= 11 is 0. The summed E-state index contributed by atoms with van der Waals surface area (Å²) in [5.74, 6) is -0.471. The highest BCUT2D eigenvalue weighted by molar-refractivity contribution is 5.88. The van der Waals surface area contributed by atoms with Crippen LogP contribution in [-0.4, -0.2) is 35.9 Å². The summed E-state index contributed by atoms with van der Waals surface area (Å²) < 4.78 is 20.5. The van der Waals surface area contributed by atoms with Gasteiger partial charge in [-0.3, -0.25) is 9.59 Å². The van der Waals surface area contributed by atoms with Crippen LogP contribution in [-0.2, 0) is 22.6 Å². The van der Waals surface area contributed by atoms with E-state index in [9.17, 15) is 14.0 Å². The Balaban J connectivity index is 1.92. The number of hydrogen-bond donors (Lipinski definition) is 1. The van der Waals surface area contributed by atoms with Crippen molar-refractivity contribution in [3.63, 3.8) is 0 Å². The molecule has 3 aromatic rings. The van der Waals surface area contributed by atoms with E-state index in [0.717, 1.165) is 23.1 Å². The van der Waals surface area contributed by atoms with Crippen molar-refractivity contribution in [2.75, 3.05) is 13.2 Å². The van der Waals surface area contributed by atoms with Crippen LogP contribution in [0.2, 0.25) is 0 Å². The van der Waals surface area contributed by atoms with E-state index in [2.05, 4.69) is 5.32 Å². The van der Waals surface area contributed by atoms with Crippen LogP contribution < -0.4 is 10.1 Å². The molecule has 0 heterocycles. The Morgan fingerprint density at radius 3 is 2.43 bits per heavy atom. The number of carbonyl (C=O) groups excluding carboxylic acids is 2. The van der Waals surface area contributed by atoms with Crippen LogP contribution in [0.4, 0.5) is 4.39 Å². The maximum atomic E-state index is 14.6. The summed E-state index contributed by atoms with van der Waals surface area (Å²) in [7, 11) is 0. The summed E-state index contributed by atoms with van der Waals surface area (Å²) in [6, 6.07) is 20.8. The maximum Gasteiger partial charge on any atom is 0.261 e. The molecule has 6 heteroatoms. The SMILES string of the molecule is CCCNC(=O)[C@H](Cc1ccccc1)N(Cc1ccccc1F)C(=O)COc1cc(C)ccc1C. The predicted molar refractivity (Wildman–Crippen MR) is 136 cm³/mol. The Bertz CT molecular complexity index is 1130. The summed E-state index contributed by atoms with van der Waals surface area (Å²) in [6.07, 6.45) is 1.07. The summed E-state index contributed by atoms with van der Waals surface area (Å²) in [5.41, 5.74) is 3.17. The van der Waals surface area contributed by atoms with Gasteiger partial charge in [-0.25, -0.2) is 4.39 Å². The fraction of sp³-hybridized carbons (Fsp3) is 0.310. The normalized spacial score (nSPS) is 11.5. The van der Waals surface area contributed by atoms with Gasteiger partial charge in [0.05, 0.1) is 0 Å². The zero-order valence-electron chi connectivity index (χ0n) is 20.6. The van der Waals surface area contributed by atoms with Gasteiger partial charge in [0.1, 0.15) is 17.6 Å². The van der Waals surface area contributed by atoms with Crippen molar-refractivity contribution in [1.29, 1.82) is 0 Å². The molecule has 0 saturated carbocycles. The van der Waals surface area contributed by atoms with Gasteiger partial charge in [0, 0.05) is 25.1 Å². The zero-order chi connectivity index (χ0) is 25.2. The van der Waals surface area contributed by atoms with Crippen LogP contribution >= 0.6 is 0 Å². The summed E-state index contributed by atoms with van der Waals surface area (Å²) in [6.45, 7) is 6.01. The van der Waals surface area contributed by atoms with Crippen LogP contribution in [0.5, 0.6) is 5.75 Å². The second-order valence-electron chi connectivity index (χ2n) is 8.67. The molecule has 0 radical (unpaired) electrons. The van der Waals surface area contributed by atoms with Crippen molar-refractivity contribution >= 4 is 11.8 Å². The maximum absolute atomic E-state index is 14.6. The van der Waals surface area contributed by atoms with Gasteiger partial charge >= 0.3 is 0 Å². The highest BCUT2D eigenvalue weighted by atomic mass is 19.1. The second-order valence-corrected chi connectivity index (χ2v) is 8.67. The van der Waals surface area contributed by atoms with E-state index in [0.29, 0.717) is 24.3 Å². The highest BCUT2D eigenvalue weighted by Crippen LogP contribution is 2.21. The first kappa shape index (κ1) is 25.9. The number of carbonyl (C=O) groups is 2. The van der Waals surface area contributed by atoms with Crippen LogP contribution in [0.15, 0.2) is 72.8 Å². The Kier molecular flexibility index (Phi) is 9.41. The van der Waals surface area contributed by atoms with Gasteiger partial charge < -0.3 is 15.0 Å². The first-order valence-corrected chi connectivity index (χ1v) is 11.9. The van der Waals surface area contributed by atoms with Gasteiger partial charge in [-0.2, -0.15) is 0 Å². The lowest BCUT2D eigenvalue weighted by Crippen LogP contribution is -2.52. The lowest BCUT2D eigenvalue weighted by atomic mass is 10.0. The van der Waals surface area contributed by atoms with Gasteiger partial charge in [-0.15, -0.1) is 0 Å². The first-order valence-electron chi connectivity index (χ1n) is 11.9. The van der Waals surface area contributed by atoms with E-state index in [4.69, 9.17) is 4.74 Å². The molecule has 0 aromatic heterocycles. The lowest BCUT2D eigenvalue weighted by molar-refractivity contribution is -0.142. The van der Waals surface area contributed by atoms with Crippen molar-refractivity contribution < 1.29 is 18.7 Å². The monoisotopic (exact) mass is 476 g/mol. The van der Waals surface area contributed by atoms with Crippen LogP contribution in [0.25, 0.3) is 0 Å². The van der Waals surface area contributed by atoms with Gasteiger partial charge in [0.25, 0.3) is 5.91 Å². The highest BCUT2D eigenvalue weighted by Gasteiger charge is 2.31. The Morgan fingerprint density at radius 2 is 1.71 bits per heavy atom. The molecule has 3 aromatic carbocycles. The average Bonchev–Trinajstić information content (AvgIpc) is 2.86. The number of hydrogen-bond acceptors (Lipinski definition) is 3. The third-order valence-electron chi connectivity index (χ3n) is 5.81. The molecular formula is C29H33FN2O3. The molecule has 1 N–H and O–H groups in total. The van der Waals surface area contributed by atoms with Crippen molar-refractivity contribution in [2.24, 2.45) is 0 Å². The standard InChI is InChI=1S/C29H33FN2O3/c1-4-16-31-29(34)26(18-23-10-6-5-7-11-23)32(19-24-12-8-9-13-25(24)30)28(33)20-35-27-17-21(2)14-15-22(27)3/h5-15,17,26H,4,16,18-20H2,1-3H3,(H,31,34)/t26-/m0/s1. The minimum absolute atomic E-state index is 0.0429. The van der Waals surface area contributed by atoms with E-state index in [-0.39, 0.29) is 25.0 Å². The number of nitrogens with one attached hydrogen (secondary N) is 1. The summed E-state index contributed by atoms with van der Waals surface area (Å²) in [4.78, 5) is 28.2. The fourth-order valence-corrected chi connectivity index (χ4v) is 3.82. The van der Waals surface area contributed by atoms with Crippen LogP contribution in [0.3, 0.4) is 0 Å². The molecule has 2 amide bonds. The number of rotatable bonds is 11. The first-order chi connectivity index (χ1) is 16.9. The Hall–Kier alpha value is -3.67. The molecule has 1 atom stereocenters. The van der Waals surface area contributed by atoms with Gasteiger partial charge in [0.2, 0.25) is 5.91 Å². The Morgan fingerprint density at radius 1 is 1.00 bits per heavy atom. The Labute approximate surface area is 206 Å². The number of nitrogens with zero attached hydrogens (tertiary/aromatic N) is 1. The molecule has 184 valence electrons. The smallest absolute Gasteiger partial charge is 0.261 e. The molecule has 0 aliphatic rings. The van der Waals surface area contributed by atoms with E-state index in [1.54, 1.807) is 18.2 Å². The number of benzene rings is 3. The molecule has 5 nitrogen and oxygen atoms in total. The lowest BCUT2D eigenvalue weighted by Gasteiger charge is -2.31. The van der Waals surface area contributed by atoms with Crippen molar-refractivity contribution in [1.82, 2.24) is 10.2 Å². The van der Waals surface area contributed by atoms with Crippen molar-refractivity contribution in [3.05, 3.63) is 101 Å². The van der Waals surface area contributed by atoms with Crippen LogP contribution in [0, 0.1) is 19.7 Å². The molecule has 0 fully saturated rings. The minimum atomic E-state index is -0.821. The average molecular weight is 477 g/mol. The van der Waals surface area contributed by atoms with Crippen LogP contribution in [0.1, 0.15) is 35.6 Å². The molecule has 35 heavy (non-hydrogen) atoms. The van der Waals surface area contributed by atoms with E-state index in [1.807, 2.05) is 69.3 Å². The summed E-state index contributed by atoms with van der Waals surface area (Å²) in [5, 5.41) is 2.91. The molecule has 3 rings (SSSR count). The van der Waals surface area contributed by atoms with Crippen molar-refractivity contribution in [3.8, 4) is 5.75 Å². The van der Waals surface area contributed by atoms with E-state index >= 15 is 0 Å². The molecule has 0 aliphatic heterocycles. The largest absolute Gasteiger partial charge is 0.483 e. The third kappa shape index (κ3) is 7.41.